The molecule has 0 radical (unpaired) electrons. The Hall–Kier alpha value is -0.780. The Morgan fingerprint density at radius 1 is 1.43 bits per heavy atom. The number of nitrogen functional groups attached to an aromatic ring is 1. The number of carbonyl (C=O) groups is 1. The van der Waals surface area contributed by atoms with Gasteiger partial charge >= 0.3 is 5.97 Å². The summed E-state index contributed by atoms with van der Waals surface area (Å²) in [7, 11) is 0. The Morgan fingerprint density at radius 3 is 2.71 bits per heavy atom. The van der Waals surface area contributed by atoms with Crippen molar-refractivity contribution in [3.05, 3.63) is 26.3 Å². The Balaban J connectivity index is 2.68. The first-order valence-electron chi connectivity index (χ1n) is 4.44. The molecular formula is C10H10INO2. The van der Waals surface area contributed by atoms with Crippen molar-refractivity contribution in [1.29, 1.82) is 0 Å². The first kappa shape index (κ1) is 9.76. The predicted molar refractivity (Wildman–Crippen MR) is 62.6 cm³/mol. The lowest BCUT2D eigenvalue weighted by Crippen LogP contribution is -2.07. The number of rotatable bonds is 1. The van der Waals surface area contributed by atoms with Crippen LogP contribution in [0.5, 0.6) is 0 Å². The van der Waals surface area contributed by atoms with Crippen LogP contribution in [0.1, 0.15) is 27.9 Å². The summed E-state index contributed by atoms with van der Waals surface area (Å²) in [5.41, 5.74) is 8.82. The summed E-state index contributed by atoms with van der Waals surface area (Å²) in [4.78, 5) is 10.9. The van der Waals surface area contributed by atoms with Crippen LogP contribution >= 0.6 is 22.6 Å². The van der Waals surface area contributed by atoms with Gasteiger partial charge in [-0.15, -0.1) is 0 Å². The molecule has 0 fully saturated rings. The summed E-state index contributed by atoms with van der Waals surface area (Å²) >= 11 is 2.18. The van der Waals surface area contributed by atoms with E-state index in [1.807, 2.05) is 0 Å². The zero-order valence-electron chi connectivity index (χ0n) is 7.51. The van der Waals surface area contributed by atoms with Crippen molar-refractivity contribution < 1.29 is 9.90 Å². The average molecular weight is 303 g/mol. The van der Waals surface area contributed by atoms with E-state index in [2.05, 4.69) is 22.6 Å². The molecule has 1 aliphatic rings. The van der Waals surface area contributed by atoms with E-state index in [-0.39, 0.29) is 5.56 Å². The number of halogens is 1. The van der Waals surface area contributed by atoms with Gasteiger partial charge in [0.2, 0.25) is 0 Å². The fourth-order valence-corrected chi connectivity index (χ4v) is 2.84. The first-order valence-corrected chi connectivity index (χ1v) is 5.52. The average Bonchev–Trinajstić information content (AvgIpc) is 2.59. The van der Waals surface area contributed by atoms with E-state index in [1.165, 1.54) is 5.56 Å². The molecule has 1 aliphatic carbocycles. The van der Waals surface area contributed by atoms with E-state index >= 15 is 0 Å². The minimum Gasteiger partial charge on any atom is -0.478 e. The van der Waals surface area contributed by atoms with Gasteiger partial charge in [-0.2, -0.15) is 0 Å². The van der Waals surface area contributed by atoms with Gasteiger partial charge in [0.05, 0.1) is 5.56 Å². The van der Waals surface area contributed by atoms with Crippen LogP contribution in [0.25, 0.3) is 0 Å². The van der Waals surface area contributed by atoms with E-state index in [0.29, 0.717) is 5.69 Å². The molecule has 1 aromatic carbocycles. The Kier molecular flexibility index (Phi) is 2.38. The van der Waals surface area contributed by atoms with Gasteiger partial charge in [0, 0.05) is 9.26 Å². The number of hydrogen-bond donors (Lipinski definition) is 2. The lowest BCUT2D eigenvalue weighted by Gasteiger charge is -2.09. The molecule has 0 saturated heterocycles. The van der Waals surface area contributed by atoms with Gasteiger partial charge in [-0.1, -0.05) is 0 Å². The highest BCUT2D eigenvalue weighted by atomic mass is 127. The highest BCUT2D eigenvalue weighted by molar-refractivity contribution is 14.1. The fraction of sp³-hybridized carbons (Fsp3) is 0.300. The Bertz CT molecular complexity index is 415. The van der Waals surface area contributed by atoms with Crippen molar-refractivity contribution in [3.8, 4) is 0 Å². The Morgan fingerprint density at radius 2 is 2.07 bits per heavy atom. The molecule has 0 spiro atoms. The number of anilines is 1. The topological polar surface area (TPSA) is 63.3 Å². The van der Waals surface area contributed by atoms with E-state index in [1.54, 1.807) is 6.07 Å². The maximum atomic E-state index is 10.9. The van der Waals surface area contributed by atoms with Crippen LogP contribution in [-0.2, 0) is 12.8 Å². The maximum absolute atomic E-state index is 10.9. The largest absolute Gasteiger partial charge is 0.478 e. The highest BCUT2D eigenvalue weighted by Gasteiger charge is 2.21. The van der Waals surface area contributed by atoms with Crippen molar-refractivity contribution in [2.45, 2.75) is 19.3 Å². The molecule has 0 unspecified atom stereocenters. The minimum absolute atomic E-state index is 0.245. The van der Waals surface area contributed by atoms with Gasteiger partial charge in [-0.25, -0.2) is 4.79 Å². The highest BCUT2D eigenvalue weighted by Crippen LogP contribution is 2.33. The first-order chi connectivity index (χ1) is 6.61. The molecule has 1 aromatic rings. The third kappa shape index (κ3) is 1.37. The lowest BCUT2D eigenvalue weighted by atomic mass is 10.0. The minimum atomic E-state index is -0.935. The molecule has 2 rings (SSSR count). The smallest absolute Gasteiger partial charge is 0.337 e. The Labute approximate surface area is 95.4 Å². The zero-order valence-corrected chi connectivity index (χ0v) is 9.67. The molecule has 0 amide bonds. The van der Waals surface area contributed by atoms with Gasteiger partial charge < -0.3 is 10.8 Å². The van der Waals surface area contributed by atoms with E-state index in [0.717, 1.165) is 28.4 Å². The summed E-state index contributed by atoms with van der Waals surface area (Å²) in [6, 6.07) is 1.67. The predicted octanol–water partition coefficient (Wildman–Crippen LogP) is 2.06. The number of hydrogen-bond acceptors (Lipinski definition) is 2. The summed E-state index contributed by atoms with van der Waals surface area (Å²) in [5, 5.41) is 8.94. The molecule has 4 heteroatoms. The molecule has 14 heavy (non-hydrogen) atoms. The zero-order chi connectivity index (χ0) is 10.3. The number of aromatic carboxylic acids is 1. The normalized spacial score (nSPS) is 14.1. The van der Waals surface area contributed by atoms with Gasteiger partial charge in [-0.05, 0) is 59.0 Å². The van der Waals surface area contributed by atoms with Gasteiger partial charge in [0.15, 0.2) is 0 Å². The standard InChI is InChI=1S/C10H10INO2/c11-8-4-7(10(13)14)9(12)6-3-1-2-5(6)8/h4H,1-3,12H2,(H,13,14). The van der Waals surface area contributed by atoms with Crippen LogP contribution < -0.4 is 5.73 Å². The molecule has 0 bridgehead atoms. The molecule has 0 saturated carbocycles. The van der Waals surface area contributed by atoms with Crippen molar-refractivity contribution >= 4 is 34.2 Å². The van der Waals surface area contributed by atoms with Crippen molar-refractivity contribution in [2.75, 3.05) is 5.73 Å². The molecule has 0 heterocycles. The van der Waals surface area contributed by atoms with Crippen LogP contribution in [0, 0.1) is 3.57 Å². The molecule has 3 N–H and O–H groups in total. The fourth-order valence-electron chi connectivity index (χ4n) is 1.94. The summed E-state index contributed by atoms with van der Waals surface area (Å²) in [6.07, 6.45) is 3.02. The molecule has 0 aliphatic heterocycles. The number of nitrogens with two attached hydrogens (primary N) is 1. The summed E-state index contributed by atoms with van der Waals surface area (Å²) < 4.78 is 1.03. The molecule has 3 nitrogen and oxygen atoms in total. The number of carboxylic acid groups (broad SMARTS) is 1. The van der Waals surface area contributed by atoms with Crippen LogP contribution in [0.2, 0.25) is 0 Å². The van der Waals surface area contributed by atoms with Crippen molar-refractivity contribution in [3.63, 3.8) is 0 Å². The number of fused-ring (bicyclic) bond motifs is 1. The van der Waals surface area contributed by atoms with Crippen molar-refractivity contribution in [2.24, 2.45) is 0 Å². The van der Waals surface area contributed by atoms with E-state index < -0.39 is 5.97 Å². The maximum Gasteiger partial charge on any atom is 0.337 e. The second-order valence-electron chi connectivity index (χ2n) is 3.44. The van der Waals surface area contributed by atoms with Crippen LogP contribution in [0.15, 0.2) is 6.07 Å². The number of carboxylic acids is 1. The van der Waals surface area contributed by atoms with Crippen LogP contribution in [0.4, 0.5) is 5.69 Å². The van der Waals surface area contributed by atoms with Crippen molar-refractivity contribution in [1.82, 2.24) is 0 Å². The monoisotopic (exact) mass is 303 g/mol. The van der Waals surface area contributed by atoms with Gasteiger partial charge in [0.1, 0.15) is 0 Å². The molecule has 74 valence electrons. The van der Waals surface area contributed by atoms with E-state index in [9.17, 15) is 4.79 Å². The molecular weight excluding hydrogens is 293 g/mol. The molecule has 0 aromatic heterocycles. The SMILES string of the molecule is Nc1c(C(=O)O)cc(I)c2c1CCC2. The van der Waals surface area contributed by atoms with Crippen LogP contribution in [0.3, 0.4) is 0 Å². The summed E-state index contributed by atoms with van der Waals surface area (Å²) in [6.45, 7) is 0. The van der Waals surface area contributed by atoms with E-state index in [4.69, 9.17) is 10.8 Å². The number of benzene rings is 1. The molecule has 0 atom stereocenters. The third-order valence-corrected chi connectivity index (χ3v) is 3.59. The van der Waals surface area contributed by atoms with Gasteiger partial charge in [-0.3, -0.25) is 0 Å². The second kappa shape index (κ2) is 3.42. The van der Waals surface area contributed by atoms with Crippen LogP contribution in [-0.4, -0.2) is 11.1 Å². The second-order valence-corrected chi connectivity index (χ2v) is 4.60. The third-order valence-electron chi connectivity index (χ3n) is 2.62. The quantitative estimate of drug-likeness (QED) is 0.616. The van der Waals surface area contributed by atoms with Gasteiger partial charge in [0.25, 0.3) is 0 Å². The summed E-state index contributed by atoms with van der Waals surface area (Å²) in [5.74, 6) is -0.935. The lowest BCUT2D eigenvalue weighted by molar-refractivity contribution is 0.0698.